The van der Waals surface area contributed by atoms with Crippen LogP contribution in [0.1, 0.15) is 130 Å². The van der Waals surface area contributed by atoms with Crippen molar-refractivity contribution >= 4 is 46.9 Å². The summed E-state index contributed by atoms with van der Waals surface area (Å²) in [6, 6.07) is 13.1. The molecule has 0 aliphatic rings. The first kappa shape index (κ1) is 51.9. The Balaban J connectivity index is 1.54. The molecule has 2 aromatic carbocycles. The summed E-state index contributed by atoms with van der Waals surface area (Å²) in [6.45, 7) is 21.7. The highest BCUT2D eigenvalue weighted by Gasteiger charge is 2.39. The van der Waals surface area contributed by atoms with Gasteiger partial charge in [-0.3, -0.25) is 19.0 Å². The molecule has 62 heavy (non-hydrogen) atoms. The molecule has 0 saturated carbocycles. The lowest BCUT2D eigenvalue weighted by Gasteiger charge is -2.44. The molecule has 342 valence electrons. The zero-order valence-electron chi connectivity index (χ0n) is 38.7. The van der Waals surface area contributed by atoms with Gasteiger partial charge in [0.05, 0.1) is 12.0 Å². The van der Waals surface area contributed by atoms with Crippen molar-refractivity contribution in [2.24, 2.45) is 22.2 Å². The number of ether oxygens (including phenoxy) is 2. The number of methoxy groups -OCH3 is 1. The Kier molecular flexibility index (Phi) is 19.1. The Hall–Kier alpha value is -4.42. The number of nitrogens with one attached hydrogen (secondary N) is 2. The van der Waals surface area contributed by atoms with E-state index in [1.54, 1.807) is 62.4 Å². The van der Waals surface area contributed by atoms with Crippen molar-refractivity contribution in [3.8, 4) is 17.5 Å². The van der Waals surface area contributed by atoms with Gasteiger partial charge in [-0.2, -0.15) is 0 Å². The van der Waals surface area contributed by atoms with E-state index in [4.69, 9.17) is 21.1 Å². The fraction of sp³-hybridized carbons (Fsp3) is 0.551. The van der Waals surface area contributed by atoms with Gasteiger partial charge in [0, 0.05) is 47.5 Å². The lowest BCUT2D eigenvalue weighted by atomic mass is 9.60. The minimum Gasteiger partial charge on any atom is -0.494 e. The summed E-state index contributed by atoms with van der Waals surface area (Å²) in [5.41, 5.74) is -0.192. The third kappa shape index (κ3) is 14.6. The van der Waals surface area contributed by atoms with Crippen molar-refractivity contribution < 1.29 is 38.9 Å². The Labute approximate surface area is 378 Å². The number of amides is 2. The van der Waals surface area contributed by atoms with Gasteiger partial charge in [-0.1, -0.05) is 92.0 Å². The normalized spacial score (nSPS) is 14.2. The van der Waals surface area contributed by atoms with Crippen molar-refractivity contribution in [1.29, 1.82) is 0 Å². The number of thioether (sulfide) groups is 1. The summed E-state index contributed by atoms with van der Waals surface area (Å²) in [5.74, 6) is -1.39. The van der Waals surface area contributed by atoms with E-state index < -0.39 is 23.5 Å². The number of halogens is 1. The molecule has 11 nitrogen and oxygen atoms in total. The zero-order chi connectivity index (χ0) is 46.5. The third-order valence-corrected chi connectivity index (χ3v) is 13.9. The third-order valence-electron chi connectivity index (χ3n) is 12.6. The van der Waals surface area contributed by atoms with Gasteiger partial charge in [0.2, 0.25) is 11.8 Å². The number of ketones is 1. The minimum absolute atomic E-state index is 0.0317. The van der Waals surface area contributed by atoms with Crippen molar-refractivity contribution in [3.63, 3.8) is 0 Å². The largest absolute Gasteiger partial charge is 0.494 e. The first-order valence-corrected chi connectivity index (χ1v) is 23.0. The molecular formula is C49H70ClN3O8S. The first-order chi connectivity index (χ1) is 29.0. The molecule has 0 saturated heterocycles. The van der Waals surface area contributed by atoms with Crippen molar-refractivity contribution in [3.05, 3.63) is 82.9 Å². The molecule has 2 amide bonds. The van der Waals surface area contributed by atoms with Crippen LogP contribution in [0.5, 0.6) is 17.5 Å². The van der Waals surface area contributed by atoms with Gasteiger partial charge in [-0.25, -0.2) is 4.79 Å². The second-order valence-electron chi connectivity index (χ2n) is 18.3. The van der Waals surface area contributed by atoms with Crippen LogP contribution in [0.25, 0.3) is 0 Å². The Morgan fingerprint density at radius 3 is 2.08 bits per heavy atom. The Bertz CT molecular complexity index is 1990. The molecule has 0 aliphatic carbocycles. The molecule has 3 atom stereocenters. The molecule has 0 aliphatic heterocycles. The molecule has 13 heteroatoms. The van der Waals surface area contributed by atoms with Crippen LogP contribution in [0.4, 0.5) is 0 Å². The number of hydrogen-bond donors (Lipinski definition) is 4. The van der Waals surface area contributed by atoms with E-state index in [0.29, 0.717) is 34.2 Å². The topological polar surface area (TPSA) is 156 Å². The van der Waals surface area contributed by atoms with Crippen LogP contribution in [0.2, 0.25) is 5.02 Å². The fourth-order valence-corrected chi connectivity index (χ4v) is 8.29. The van der Waals surface area contributed by atoms with Gasteiger partial charge < -0.3 is 30.3 Å². The van der Waals surface area contributed by atoms with Crippen molar-refractivity contribution in [2.75, 3.05) is 19.4 Å². The maximum absolute atomic E-state index is 13.4. The van der Waals surface area contributed by atoms with Crippen LogP contribution in [0.15, 0.2) is 71.6 Å². The highest BCUT2D eigenvalue weighted by Crippen LogP contribution is 2.48. The van der Waals surface area contributed by atoms with Gasteiger partial charge in [0.15, 0.2) is 17.3 Å². The van der Waals surface area contributed by atoms with Gasteiger partial charge in [-0.15, -0.1) is 11.8 Å². The lowest BCUT2D eigenvalue weighted by Crippen LogP contribution is -2.53. The molecule has 4 N–H and O–H groups in total. The second kappa shape index (κ2) is 22.8. The average molecular weight is 897 g/mol. The SMILES string of the molecule is CCC(CCC(=O)NCCn1c(O)cc(SCC(NC(=O)C(C)(C)Oc2ccc(C(=O)c3ccc(Cl)cc3)cc2)C(=O)OC)c1O)CC(C)(C)C(C)(C=CCC(C)(C)CC)CC. The molecule has 3 unspecified atom stereocenters. The smallest absolute Gasteiger partial charge is 0.329 e. The van der Waals surface area contributed by atoms with Crippen molar-refractivity contribution in [2.45, 2.75) is 137 Å². The lowest BCUT2D eigenvalue weighted by molar-refractivity contribution is -0.146. The predicted molar refractivity (Wildman–Crippen MR) is 249 cm³/mol. The number of esters is 1. The average Bonchev–Trinajstić information content (AvgIpc) is 3.50. The van der Waals surface area contributed by atoms with Gasteiger partial charge in [-0.05, 0) is 110 Å². The zero-order valence-corrected chi connectivity index (χ0v) is 40.2. The summed E-state index contributed by atoms with van der Waals surface area (Å²) in [7, 11) is 1.20. The van der Waals surface area contributed by atoms with E-state index in [2.05, 4.69) is 78.2 Å². The predicted octanol–water partition coefficient (Wildman–Crippen LogP) is 10.5. The number of carbonyl (C=O) groups is 4. The number of rotatable bonds is 25. The first-order valence-electron chi connectivity index (χ1n) is 21.7. The highest BCUT2D eigenvalue weighted by atomic mass is 35.5. The molecule has 1 aromatic heterocycles. The summed E-state index contributed by atoms with van der Waals surface area (Å²) in [5, 5.41) is 27.8. The van der Waals surface area contributed by atoms with Gasteiger partial charge >= 0.3 is 5.97 Å². The van der Waals surface area contributed by atoms with Crippen LogP contribution in [0, 0.1) is 22.2 Å². The number of allylic oxidation sites excluding steroid dienone is 2. The molecule has 0 radical (unpaired) electrons. The molecule has 0 bridgehead atoms. The van der Waals surface area contributed by atoms with Crippen LogP contribution < -0.4 is 15.4 Å². The minimum atomic E-state index is -1.44. The van der Waals surface area contributed by atoms with Crippen molar-refractivity contribution in [1.82, 2.24) is 15.2 Å². The van der Waals surface area contributed by atoms with E-state index in [1.807, 2.05) is 0 Å². The monoisotopic (exact) mass is 895 g/mol. The molecule has 3 rings (SSSR count). The quantitative estimate of drug-likeness (QED) is 0.0281. The number of aromatic nitrogens is 1. The number of hydrogen-bond acceptors (Lipinski definition) is 9. The number of nitrogens with zero attached hydrogens (tertiary/aromatic N) is 1. The van der Waals surface area contributed by atoms with Crippen LogP contribution in [-0.2, 0) is 25.7 Å². The van der Waals surface area contributed by atoms with Gasteiger partial charge in [0.25, 0.3) is 5.91 Å². The summed E-state index contributed by atoms with van der Waals surface area (Å²) < 4.78 is 12.2. The summed E-state index contributed by atoms with van der Waals surface area (Å²) in [4.78, 5) is 52.3. The molecule has 0 spiro atoms. The summed E-state index contributed by atoms with van der Waals surface area (Å²) >= 11 is 6.99. The number of carbonyl (C=O) groups excluding carboxylic acids is 4. The number of benzene rings is 2. The van der Waals surface area contributed by atoms with Crippen LogP contribution in [-0.4, -0.2) is 69.4 Å². The summed E-state index contributed by atoms with van der Waals surface area (Å²) in [6.07, 6.45) is 11.1. The number of aromatic hydroxyl groups is 2. The second-order valence-corrected chi connectivity index (χ2v) is 19.8. The van der Waals surface area contributed by atoms with Gasteiger partial charge in [0.1, 0.15) is 11.8 Å². The molecule has 3 aromatic rings. The van der Waals surface area contributed by atoms with E-state index >= 15 is 0 Å². The van der Waals surface area contributed by atoms with Crippen LogP contribution in [0.3, 0.4) is 0 Å². The Morgan fingerprint density at radius 1 is 0.903 bits per heavy atom. The van der Waals surface area contributed by atoms with E-state index in [1.165, 1.54) is 17.7 Å². The molecular weight excluding hydrogens is 826 g/mol. The van der Waals surface area contributed by atoms with E-state index in [9.17, 15) is 29.4 Å². The van der Waals surface area contributed by atoms with Crippen LogP contribution >= 0.6 is 23.4 Å². The maximum atomic E-state index is 13.4. The Morgan fingerprint density at radius 2 is 1.52 bits per heavy atom. The fourth-order valence-electron chi connectivity index (χ4n) is 7.17. The highest BCUT2D eigenvalue weighted by molar-refractivity contribution is 7.99. The standard InChI is InChI=1S/C49H70ClN3O8S/c1-12-33(31-47(6,7)49(10,14-3)27-15-26-46(4,5)13-2)16-25-40(54)51-28-29-53-41(55)30-39(43(53)57)62-32-38(44(58)60-11)52-45(59)48(8,9)61-37-23-19-35(20-24-37)42(56)34-17-21-36(50)22-18-34/h15,17-24,27,30,33,38,55,57H,12-14,16,25-26,28-29,31-32H2,1-11H3,(H,51,54)(H,52,59). The van der Waals surface area contributed by atoms with E-state index in [-0.39, 0.29) is 63.4 Å². The molecule has 1 heterocycles. The van der Waals surface area contributed by atoms with E-state index in [0.717, 1.165) is 50.3 Å². The maximum Gasteiger partial charge on any atom is 0.329 e. The molecule has 0 fully saturated rings.